The topological polar surface area (TPSA) is 0 Å². The molecule has 3 aromatic carbocycles. The van der Waals surface area contributed by atoms with E-state index in [4.69, 9.17) is 11.6 Å². The van der Waals surface area contributed by atoms with Crippen molar-refractivity contribution in [3.05, 3.63) is 95.6 Å². The average molecular weight is 293 g/mol. The van der Waals surface area contributed by atoms with Crippen molar-refractivity contribution in [2.45, 2.75) is 12.3 Å². The Morgan fingerprint density at radius 3 is 2.00 bits per heavy atom. The van der Waals surface area contributed by atoms with Gasteiger partial charge in [-0.3, -0.25) is 0 Å². The summed E-state index contributed by atoms with van der Waals surface area (Å²) in [6.45, 7) is 2.09. The number of rotatable bonds is 3. The highest BCUT2D eigenvalue weighted by molar-refractivity contribution is 6.22. The van der Waals surface area contributed by atoms with Crippen molar-refractivity contribution in [2.24, 2.45) is 0 Å². The number of hydrogen-bond donors (Lipinski definition) is 0. The predicted octanol–water partition coefficient (Wildman–Crippen LogP) is 5.99. The Bertz CT molecular complexity index is 714. The molecule has 0 saturated carbocycles. The molecule has 0 aromatic heterocycles. The summed E-state index contributed by atoms with van der Waals surface area (Å²) in [7, 11) is 0. The fourth-order valence-electron chi connectivity index (χ4n) is 2.50. The van der Waals surface area contributed by atoms with Crippen molar-refractivity contribution in [1.82, 2.24) is 0 Å². The van der Waals surface area contributed by atoms with Crippen LogP contribution in [0.2, 0.25) is 0 Å². The van der Waals surface area contributed by atoms with Crippen molar-refractivity contribution >= 4 is 11.6 Å². The highest BCUT2D eigenvalue weighted by Gasteiger charge is 2.10. The van der Waals surface area contributed by atoms with E-state index in [-0.39, 0.29) is 5.38 Å². The first-order chi connectivity index (χ1) is 10.2. The number of aryl methyl sites for hydroxylation is 1. The Hall–Kier alpha value is -2.05. The summed E-state index contributed by atoms with van der Waals surface area (Å²) in [5.41, 5.74) is 5.95. The average Bonchev–Trinajstić information content (AvgIpc) is 2.55. The zero-order chi connectivity index (χ0) is 14.7. The zero-order valence-electron chi connectivity index (χ0n) is 12.0. The Balaban J connectivity index is 1.87. The van der Waals surface area contributed by atoms with Crippen LogP contribution in [0.3, 0.4) is 0 Å². The fraction of sp³-hybridized carbons (Fsp3) is 0.100. The molecule has 0 fully saturated rings. The van der Waals surface area contributed by atoms with Crippen LogP contribution in [0.1, 0.15) is 22.1 Å². The lowest BCUT2D eigenvalue weighted by molar-refractivity contribution is 1.13. The summed E-state index contributed by atoms with van der Waals surface area (Å²) in [6, 6.07) is 27.2. The van der Waals surface area contributed by atoms with Crippen LogP contribution in [-0.2, 0) is 0 Å². The van der Waals surface area contributed by atoms with E-state index in [1.54, 1.807) is 0 Å². The van der Waals surface area contributed by atoms with Gasteiger partial charge in [0.05, 0.1) is 5.38 Å². The Morgan fingerprint density at radius 2 is 1.33 bits per heavy atom. The van der Waals surface area contributed by atoms with Crippen LogP contribution >= 0.6 is 11.6 Å². The van der Waals surface area contributed by atoms with E-state index in [0.717, 1.165) is 11.1 Å². The Morgan fingerprint density at radius 1 is 0.667 bits per heavy atom. The van der Waals surface area contributed by atoms with Gasteiger partial charge in [-0.15, -0.1) is 11.6 Å². The minimum Gasteiger partial charge on any atom is -0.113 e. The van der Waals surface area contributed by atoms with E-state index in [2.05, 4.69) is 79.7 Å². The van der Waals surface area contributed by atoms with Crippen LogP contribution in [0.4, 0.5) is 0 Å². The van der Waals surface area contributed by atoms with Crippen molar-refractivity contribution in [3.8, 4) is 11.1 Å². The third-order valence-electron chi connectivity index (χ3n) is 3.65. The van der Waals surface area contributed by atoms with Gasteiger partial charge >= 0.3 is 0 Å². The zero-order valence-corrected chi connectivity index (χ0v) is 12.7. The molecule has 0 N–H and O–H groups in total. The highest BCUT2D eigenvalue weighted by Crippen LogP contribution is 2.30. The van der Waals surface area contributed by atoms with Crippen LogP contribution < -0.4 is 0 Å². The minimum absolute atomic E-state index is 0.102. The summed E-state index contributed by atoms with van der Waals surface area (Å²) in [5, 5.41) is -0.102. The maximum absolute atomic E-state index is 6.60. The second kappa shape index (κ2) is 6.15. The van der Waals surface area contributed by atoms with Crippen molar-refractivity contribution in [2.75, 3.05) is 0 Å². The molecule has 0 aliphatic carbocycles. The quantitative estimate of drug-likeness (QED) is 0.520. The van der Waals surface area contributed by atoms with Crippen LogP contribution in [-0.4, -0.2) is 0 Å². The lowest BCUT2D eigenvalue weighted by Crippen LogP contribution is -1.93. The highest BCUT2D eigenvalue weighted by atomic mass is 35.5. The van der Waals surface area contributed by atoms with Gasteiger partial charge in [0.1, 0.15) is 0 Å². The first-order valence-electron chi connectivity index (χ1n) is 7.10. The van der Waals surface area contributed by atoms with E-state index in [0.29, 0.717) is 0 Å². The Kier molecular flexibility index (Phi) is 4.08. The molecule has 0 saturated heterocycles. The van der Waals surface area contributed by atoms with Crippen LogP contribution in [0, 0.1) is 6.92 Å². The van der Waals surface area contributed by atoms with Crippen LogP contribution in [0.15, 0.2) is 78.9 Å². The first-order valence-corrected chi connectivity index (χ1v) is 7.54. The molecule has 21 heavy (non-hydrogen) atoms. The van der Waals surface area contributed by atoms with Crippen molar-refractivity contribution in [3.63, 3.8) is 0 Å². The molecule has 0 nitrogen and oxygen atoms in total. The van der Waals surface area contributed by atoms with Gasteiger partial charge in [0.15, 0.2) is 0 Å². The molecular weight excluding hydrogens is 276 g/mol. The van der Waals surface area contributed by atoms with Gasteiger partial charge in [-0.05, 0) is 29.2 Å². The molecular formula is C20H17Cl. The number of benzene rings is 3. The van der Waals surface area contributed by atoms with Crippen molar-refractivity contribution < 1.29 is 0 Å². The number of alkyl halides is 1. The molecule has 1 heteroatoms. The second-order valence-corrected chi connectivity index (χ2v) is 5.70. The largest absolute Gasteiger partial charge is 0.113 e. The lowest BCUT2D eigenvalue weighted by Gasteiger charge is -2.12. The van der Waals surface area contributed by atoms with Gasteiger partial charge in [0, 0.05) is 0 Å². The van der Waals surface area contributed by atoms with Gasteiger partial charge in [-0.1, -0.05) is 84.4 Å². The molecule has 0 heterocycles. The van der Waals surface area contributed by atoms with Gasteiger partial charge < -0.3 is 0 Å². The SMILES string of the molecule is Cc1cccc(C(Cl)c2ccc(-c3ccccc3)cc2)c1. The van der Waals surface area contributed by atoms with E-state index >= 15 is 0 Å². The molecule has 0 amide bonds. The summed E-state index contributed by atoms with van der Waals surface area (Å²) < 4.78 is 0. The van der Waals surface area contributed by atoms with Gasteiger partial charge in [0.2, 0.25) is 0 Å². The van der Waals surface area contributed by atoms with Gasteiger partial charge in [-0.25, -0.2) is 0 Å². The number of halogens is 1. The van der Waals surface area contributed by atoms with E-state index in [9.17, 15) is 0 Å². The smallest absolute Gasteiger partial charge is 0.0835 e. The summed E-state index contributed by atoms with van der Waals surface area (Å²) in [4.78, 5) is 0. The normalized spacial score (nSPS) is 12.1. The molecule has 1 atom stereocenters. The van der Waals surface area contributed by atoms with Crippen LogP contribution in [0.25, 0.3) is 11.1 Å². The molecule has 0 radical (unpaired) electrons. The van der Waals surface area contributed by atoms with E-state index < -0.39 is 0 Å². The maximum atomic E-state index is 6.60. The maximum Gasteiger partial charge on any atom is 0.0835 e. The third kappa shape index (κ3) is 3.17. The standard InChI is InChI=1S/C20H17Cl/c1-15-6-5-9-19(14-15)20(21)18-12-10-17(11-13-18)16-7-3-2-4-8-16/h2-14,20H,1H3. The van der Waals surface area contributed by atoms with Crippen LogP contribution in [0.5, 0.6) is 0 Å². The third-order valence-corrected chi connectivity index (χ3v) is 4.15. The predicted molar refractivity (Wildman–Crippen MR) is 90.8 cm³/mol. The minimum atomic E-state index is -0.102. The monoisotopic (exact) mass is 292 g/mol. The number of hydrogen-bond acceptors (Lipinski definition) is 0. The Labute approximate surface area is 131 Å². The molecule has 0 aliphatic rings. The summed E-state index contributed by atoms with van der Waals surface area (Å²) >= 11 is 6.60. The second-order valence-electron chi connectivity index (χ2n) is 5.26. The molecule has 3 rings (SSSR count). The van der Waals surface area contributed by atoms with E-state index in [1.165, 1.54) is 16.7 Å². The molecule has 3 aromatic rings. The first kappa shape index (κ1) is 13.9. The summed E-state index contributed by atoms with van der Waals surface area (Å²) in [5.74, 6) is 0. The van der Waals surface area contributed by atoms with E-state index in [1.807, 2.05) is 6.07 Å². The summed E-state index contributed by atoms with van der Waals surface area (Å²) in [6.07, 6.45) is 0. The van der Waals surface area contributed by atoms with Crippen molar-refractivity contribution in [1.29, 1.82) is 0 Å². The molecule has 1 unspecified atom stereocenters. The molecule has 0 aliphatic heterocycles. The molecule has 0 spiro atoms. The van der Waals surface area contributed by atoms with Gasteiger partial charge in [-0.2, -0.15) is 0 Å². The molecule has 104 valence electrons. The fourth-order valence-corrected chi connectivity index (χ4v) is 2.78. The molecule has 0 bridgehead atoms. The van der Waals surface area contributed by atoms with Gasteiger partial charge in [0.25, 0.3) is 0 Å². The lowest BCUT2D eigenvalue weighted by atomic mass is 9.99.